The van der Waals surface area contributed by atoms with E-state index in [1.54, 1.807) is 11.3 Å². The molecule has 0 unspecified atom stereocenters. The van der Waals surface area contributed by atoms with Crippen molar-refractivity contribution in [2.45, 2.75) is 17.3 Å². The number of carbonyl (C=O) groups excluding carboxylic acids is 1. The second-order valence-corrected chi connectivity index (χ2v) is 7.87. The van der Waals surface area contributed by atoms with E-state index in [0.717, 1.165) is 20.9 Å². The molecule has 1 aromatic carbocycles. The summed E-state index contributed by atoms with van der Waals surface area (Å²) in [4.78, 5) is 17.7. The average Bonchev–Trinajstić information content (AvgIpc) is 3.20. The Bertz CT molecular complexity index is 786. The van der Waals surface area contributed by atoms with Crippen LogP contribution < -0.4 is 5.32 Å². The molecule has 2 heterocycles. The molecule has 0 spiro atoms. The Morgan fingerprint density at radius 1 is 1.35 bits per heavy atom. The van der Waals surface area contributed by atoms with Crippen molar-refractivity contribution in [2.24, 2.45) is 0 Å². The van der Waals surface area contributed by atoms with Crippen molar-refractivity contribution in [1.29, 1.82) is 0 Å². The summed E-state index contributed by atoms with van der Waals surface area (Å²) in [6.45, 7) is 1.83. The second-order valence-electron chi connectivity index (χ2n) is 4.70. The second kappa shape index (κ2) is 7.29. The third kappa shape index (κ3) is 4.21. The van der Waals surface area contributed by atoms with Crippen LogP contribution in [0.5, 0.6) is 0 Å². The van der Waals surface area contributed by atoms with Gasteiger partial charge in [-0.2, -0.15) is 0 Å². The molecule has 2 N–H and O–H groups in total. The lowest BCUT2D eigenvalue weighted by atomic mass is 10.3. The number of hydrogen-bond donors (Lipinski definition) is 2. The van der Waals surface area contributed by atoms with Crippen LogP contribution in [0, 0.1) is 0 Å². The van der Waals surface area contributed by atoms with E-state index in [9.17, 15) is 4.79 Å². The van der Waals surface area contributed by atoms with Crippen LogP contribution in [0.15, 0.2) is 51.4 Å². The van der Waals surface area contributed by atoms with Gasteiger partial charge in [-0.25, -0.2) is 4.98 Å². The molecule has 2 aromatic heterocycles. The predicted octanol–water partition coefficient (Wildman–Crippen LogP) is 4.42. The third-order valence-corrected chi connectivity index (χ3v) is 5.35. The number of thiophene rings is 1. The van der Waals surface area contributed by atoms with Gasteiger partial charge in [-0.05, 0) is 42.6 Å². The first-order valence-corrected chi connectivity index (χ1v) is 9.36. The van der Waals surface area contributed by atoms with Crippen LogP contribution in [0.3, 0.4) is 0 Å². The zero-order valence-corrected chi connectivity index (χ0v) is 15.3. The number of halogens is 1. The first kappa shape index (κ1) is 16.2. The van der Waals surface area contributed by atoms with Gasteiger partial charge >= 0.3 is 0 Å². The number of aromatic nitrogens is 3. The van der Waals surface area contributed by atoms with Crippen molar-refractivity contribution in [2.75, 3.05) is 5.32 Å². The molecule has 0 bridgehead atoms. The summed E-state index contributed by atoms with van der Waals surface area (Å²) in [7, 11) is 0. The van der Waals surface area contributed by atoms with Crippen molar-refractivity contribution in [1.82, 2.24) is 15.2 Å². The summed E-state index contributed by atoms with van der Waals surface area (Å²) < 4.78 is 0.972. The van der Waals surface area contributed by atoms with Crippen LogP contribution in [0.4, 0.5) is 5.69 Å². The van der Waals surface area contributed by atoms with E-state index in [1.165, 1.54) is 11.8 Å². The first-order chi connectivity index (χ1) is 11.1. The number of carbonyl (C=O) groups is 1. The van der Waals surface area contributed by atoms with Crippen molar-refractivity contribution < 1.29 is 4.79 Å². The molecule has 3 rings (SSSR count). The predicted molar refractivity (Wildman–Crippen MR) is 97.8 cm³/mol. The number of aromatic amines is 1. The van der Waals surface area contributed by atoms with Crippen molar-refractivity contribution in [3.63, 3.8) is 0 Å². The molecule has 0 aliphatic carbocycles. The van der Waals surface area contributed by atoms with Gasteiger partial charge in [0, 0.05) is 10.2 Å². The zero-order valence-electron chi connectivity index (χ0n) is 12.1. The summed E-state index contributed by atoms with van der Waals surface area (Å²) in [5, 5.41) is 12.2. The highest BCUT2D eigenvalue weighted by atomic mass is 79.9. The van der Waals surface area contributed by atoms with E-state index < -0.39 is 0 Å². The van der Waals surface area contributed by atoms with Gasteiger partial charge in [-0.3, -0.25) is 9.89 Å². The molecule has 23 heavy (non-hydrogen) atoms. The van der Waals surface area contributed by atoms with Gasteiger partial charge in [-0.15, -0.1) is 16.4 Å². The van der Waals surface area contributed by atoms with Crippen LogP contribution in [0.1, 0.15) is 6.92 Å². The minimum Gasteiger partial charge on any atom is -0.325 e. The molecular weight excluding hydrogens is 396 g/mol. The van der Waals surface area contributed by atoms with Gasteiger partial charge < -0.3 is 5.32 Å². The summed E-state index contributed by atoms with van der Waals surface area (Å²) in [6.07, 6.45) is 0. The molecule has 8 heteroatoms. The summed E-state index contributed by atoms with van der Waals surface area (Å²) in [6, 6.07) is 11.4. The molecule has 5 nitrogen and oxygen atoms in total. The number of amides is 1. The Morgan fingerprint density at radius 3 is 2.83 bits per heavy atom. The number of nitrogens with one attached hydrogen (secondary N) is 2. The van der Waals surface area contributed by atoms with Crippen LogP contribution in [-0.4, -0.2) is 26.3 Å². The Labute approximate surface area is 150 Å². The Balaban J connectivity index is 1.61. The molecule has 0 aliphatic rings. The molecule has 0 radical (unpaired) electrons. The minimum absolute atomic E-state index is 0.0835. The molecular formula is C15H13BrN4OS2. The van der Waals surface area contributed by atoms with Crippen LogP contribution in [0.2, 0.25) is 0 Å². The van der Waals surface area contributed by atoms with Crippen LogP contribution in [-0.2, 0) is 4.79 Å². The van der Waals surface area contributed by atoms with E-state index >= 15 is 0 Å². The zero-order chi connectivity index (χ0) is 16.2. The van der Waals surface area contributed by atoms with Gasteiger partial charge in [0.05, 0.1) is 10.1 Å². The summed E-state index contributed by atoms with van der Waals surface area (Å²) >= 11 is 6.28. The number of hydrogen-bond acceptors (Lipinski definition) is 5. The topological polar surface area (TPSA) is 70.7 Å². The maximum atomic E-state index is 12.2. The maximum Gasteiger partial charge on any atom is 0.237 e. The van der Waals surface area contributed by atoms with Crippen molar-refractivity contribution in [3.05, 3.63) is 46.3 Å². The summed E-state index contributed by atoms with van der Waals surface area (Å²) in [5.74, 6) is 0.641. The van der Waals surface area contributed by atoms with E-state index in [4.69, 9.17) is 0 Å². The van der Waals surface area contributed by atoms with E-state index in [-0.39, 0.29) is 11.2 Å². The Hall–Kier alpha value is -1.64. The minimum atomic E-state index is -0.300. The van der Waals surface area contributed by atoms with Crippen molar-refractivity contribution >= 4 is 50.6 Å². The largest absolute Gasteiger partial charge is 0.325 e. The molecule has 0 aliphatic heterocycles. The standard InChI is InChI=1S/C15H13BrN4OS2/c1-9(14(21)17-11-6-4-10(16)5-7-11)23-15-18-13(19-20-15)12-3-2-8-22-12/h2-9H,1H3,(H,17,21)(H,18,19,20)/t9-/m1/s1. The number of anilines is 1. The molecule has 118 valence electrons. The highest BCUT2D eigenvalue weighted by molar-refractivity contribution is 9.10. The van der Waals surface area contributed by atoms with Crippen LogP contribution >= 0.6 is 39.0 Å². The number of rotatable bonds is 5. The highest BCUT2D eigenvalue weighted by Crippen LogP contribution is 2.26. The first-order valence-electron chi connectivity index (χ1n) is 6.81. The smallest absolute Gasteiger partial charge is 0.237 e. The number of benzene rings is 1. The monoisotopic (exact) mass is 408 g/mol. The maximum absolute atomic E-state index is 12.2. The fourth-order valence-corrected chi connectivity index (χ4v) is 3.46. The Kier molecular flexibility index (Phi) is 5.14. The van der Waals surface area contributed by atoms with Gasteiger partial charge in [0.25, 0.3) is 0 Å². The lowest BCUT2D eigenvalue weighted by Gasteiger charge is -2.10. The van der Waals surface area contributed by atoms with Gasteiger partial charge in [0.15, 0.2) is 5.82 Å². The molecule has 3 aromatic rings. The lowest BCUT2D eigenvalue weighted by molar-refractivity contribution is -0.115. The van der Waals surface area contributed by atoms with Crippen molar-refractivity contribution in [3.8, 4) is 10.7 Å². The fraction of sp³-hybridized carbons (Fsp3) is 0.133. The fourth-order valence-electron chi connectivity index (χ4n) is 1.81. The number of nitrogens with zero attached hydrogens (tertiary/aromatic N) is 2. The van der Waals surface area contributed by atoms with E-state index in [2.05, 4.69) is 36.4 Å². The Morgan fingerprint density at radius 2 is 2.13 bits per heavy atom. The normalized spacial score (nSPS) is 12.1. The lowest BCUT2D eigenvalue weighted by Crippen LogP contribution is -2.22. The SMILES string of the molecule is C[C@@H](Sc1n[nH]c(-c2cccs2)n1)C(=O)Nc1ccc(Br)cc1. The average molecular weight is 409 g/mol. The molecule has 0 saturated carbocycles. The quantitative estimate of drug-likeness (QED) is 0.613. The van der Waals surface area contributed by atoms with Crippen LogP contribution in [0.25, 0.3) is 10.7 Å². The highest BCUT2D eigenvalue weighted by Gasteiger charge is 2.17. The molecule has 1 atom stereocenters. The molecule has 0 fully saturated rings. The van der Waals surface area contributed by atoms with Gasteiger partial charge in [0.1, 0.15) is 0 Å². The van der Waals surface area contributed by atoms with E-state index in [0.29, 0.717) is 5.16 Å². The number of H-pyrrole nitrogens is 1. The van der Waals surface area contributed by atoms with Gasteiger partial charge in [-0.1, -0.05) is 33.8 Å². The van der Waals surface area contributed by atoms with Gasteiger partial charge in [0.2, 0.25) is 11.1 Å². The summed E-state index contributed by atoms with van der Waals surface area (Å²) in [5.41, 5.74) is 0.764. The molecule has 1 amide bonds. The third-order valence-electron chi connectivity index (χ3n) is 2.98. The number of thioether (sulfide) groups is 1. The molecule has 0 saturated heterocycles. The van der Waals surface area contributed by atoms with E-state index in [1.807, 2.05) is 48.7 Å².